The van der Waals surface area contributed by atoms with Crippen LogP contribution >= 0.6 is 0 Å². The number of hydrogen-bond acceptors (Lipinski definition) is 6. The summed E-state index contributed by atoms with van der Waals surface area (Å²) in [5.41, 5.74) is 0.0580. The van der Waals surface area contributed by atoms with Crippen molar-refractivity contribution < 1.29 is 27.5 Å². The van der Waals surface area contributed by atoms with Crippen LogP contribution in [0.2, 0.25) is 0 Å². The molecule has 3 rings (SSSR count). The highest BCUT2D eigenvalue weighted by molar-refractivity contribution is 7.89. The Hall–Kier alpha value is -2.46. The van der Waals surface area contributed by atoms with Gasteiger partial charge in [0.2, 0.25) is 15.9 Å². The maximum absolute atomic E-state index is 12.8. The second kappa shape index (κ2) is 8.27. The smallest absolute Gasteiger partial charge is 0.338 e. The third kappa shape index (κ3) is 4.87. The fourth-order valence-corrected chi connectivity index (χ4v) is 4.36. The third-order valence-corrected chi connectivity index (χ3v) is 6.56. The molecule has 0 aromatic heterocycles. The van der Waals surface area contributed by atoms with E-state index in [0.29, 0.717) is 13.1 Å². The number of carbonyl (C=O) groups excluding carboxylic acids is 3. The summed E-state index contributed by atoms with van der Waals surface area (Å²) in [5.74, 6) is -1.22. The highest BCUT2D eigenvalue weighted by atomic mass is 32.2. The molecule has 0 bridgehead atoms. The maximum atomic E-state index is 12.8. The number of hydrogen-bond donors (Lipinski definition) is 1. The standard InChI is InChI=1S/C18H23N3O6S/c1-13(22)20-7-9-21(10-8-20)28(25,26)16-4-2-3-14(11-16)18(24)27-12-17(23)19-15-5-6-15/h2-4,11,15H,5-10,12H2,1H3,(H,19,23). The third-order valence-electron chi connectivity index (χ3n) is 4.67. The molecule has 1 aliphatic carbocycles. The molecule has 152 valence electrons. The van der Waals surface area contributed by atoms with Gasteiger partial charge in [0, 0.05) is 39.1 Å². The van der Waals surface area contributed by atoms with Crippen LogP contribution in [0.25, 0.3) is 0 Å². The van der Waals surface area contributed by atoms with Crippen molar-refractivity contribution in [1.29, 1.82) is 0 Å². The average Bonchev–Trinajstić information content (AvgIpc) is 3.50. The first-order chi connectivity index (χ1) is 13.3. The van der Waals surface area contributed by atoms with E-state index in [1.165, 1.54) is 35.5 Å². The van der Waals surface area contributed by atoms with Gasteiger partial charge in [0.25, 0.3) is 5.91 Å². The number of sulfonamides is 1. The van der Waals surface area contributed by atoms with Crippen LogP contribution < -0.4 is 5.32 Å². The largest absolute Gasteiger partial charge is 0.452 e. The van der Waals surface area contributed by atoms with Gasteiger partial charge in [0.15, 0.2) is 6.61 Å². The number of benzene rings is 1. The topological polar surface area (TPSA) is 113 Å². The first kappa shape index (κ1) is 20.3. The van der Waals surface area contributed by atoms with Gasteiger partial charge in [0.05, 0.1) is 10.5 Å². The Kier molecular flexibility index (Phi) is 5.99. The van der Waals surface area contributed by atoms with Crippen molar-refractivity contribution in [1.82, 2.24) is 14.5 Å². The van der Waals surface area contributed by atoms with Crippen molar-refractivity contribution in [2.45, 2.75) is 30.7 Å². The molecule has 10 heteroatoms. The van der Waals surface area contributed by atoms with Crippen LogP contribution in [0.5, 0.6) is 0 Å². The highest BCUT2D eigenvalue weighted by Gasteiger charge is 2.30. The van der Waals surface area contributed by atoms with Gasteiger partial charge in [-0.2, -0.15) is 4.31 Å². The van der Waals surface area contributed by atoms with Crippen molar-refractivity contribution in [3.8, 4) is 0 Å². The van der Waals surface area contributed by atoms with Crippen molar-refractivity contribution in [3.63, 3.8) is 0 Å². The van der Waals surface area contributed by atoms with Crippen molar-refractivity contribution in [3.05, 3.63) is 29.8 Å². The van der Waals surface area contributed by atoms with Crippen molar-refractivity contribution in [2.75, 3.05) is 32.8 Å². The molecule has 0 atom stereocenters. The lowest BCUT2D eigenvalue weighted by Gasteiger charge is -2.33. The lowest BCUT2D eigenvalue weighted by Crippen LogP contribution is -2.49. The van der Waals surface area contributed by atoms with E-state index >= 15 is 0 Å². The fraction of sp³-hybridized carbons (Fsp3) is 0.500. The number of carbonyl (C=O) groups is 3. The Balaban J connectivity index is 1.63. The van der Waals surface area contributed by atoms with Gasteiger partial charge in [0.1, 0.15) is 0 Å². The van der Waals surface area contributed by atoms with Crippen LogP contribution in [0.3, 0.4) is 0 Å². The molecule has 0 unspecified atom stereocenters. The summed E-state index contributed by atoms with van der Waals surface area (Å²) >= 11 is 0. The van der Waals surface area contributed by atoms with Gasteiger partial charge in [-0.3, -0.25) is 9.59 Å². The van der Waals surface area contributed by atoms with Gasteiger partial charge in [-0.25, -0.2) is 13.2 Å². The van der Waals surface area contributed by atoms with E-state index in [9.17, 15) is 22.8 Å². The predicted octanol–water partition coefficient (Wildman–Crippen LogP) is -0.0252. The summed E-state index contributed by atoms with van der Waals surface area (Å²) in [4.78, 5) is 36.7. The summed E-state index contributed by atoms with van der Waals surface area (Å²) in [5, 5.41) is 2.70. The summed E-state index contributed by atoms with van der Waals surface area (Å²) in [7, 11) is -3.80. The summed E-state index contributed by atoms with van der Waals surface area (Å²) in [6.45, 7) is 2.08. The first-order valence-corrected chi connectivity index (χ1v) is 10.5. The fourth-order valence-electron chi connectivity index (χ4n) is 2.89. The molecule has 0 spiro atoms. The Labute approximate surface area is 163 Å². The minimum Gasteiger partial charge on any atom is -0.452 e. The van der Waals surface area contributed by atoms with Gasteiger partial charge >= 0.3 is 5.97 Å². The Morgan fingerprint density at radius 2 is 1.82 bits per heavy atom. The molecular weight excluding hydrogens is 386 g/mol. The van der Waals surface area contributed by atoms with E-state index in [1.54, 1.807) is 4.90 Å². The normalized spacial score (nSPS) is 17.8. The zero-order valence-corrected chi connectivity index (χ0v) is 16.4. The summed E-state index contributed by atoms with van der Waals surface area (Å²) in [6, 6.07) is 5.72. The van der Waals surface area contributed by atoms with E-state index in [2.05, 4.69) is 5.32 Å². The lowest BCUT2D eigenvalue weighted by atomic mass is 10.2. The molecule has 1 aliphatic heterocycles. The second-order valence-corrected chi connectivity index (χ2v) is 8.79. The van der Waals surface area contributed by atoms with Crippen LogP contribution in [-0.4, -0.2) is 74.2 Å². The number of ether oxygens (including phenoxy) is 1. The van der Waals surface area contributed by atoms with E-state index in [4.69, 9.17) is 4.74 Å². The summed E-state index contributed by atoms with van der Waals surface area (Å²) < 4.78 is 31.9. The molecule has 9 nitrogen and oxygen atoms in total. The van der Waals surface area contributed by atoms with E-state index < -0.39 is 22.6 Å². The van der Waals surface area contributed by atoms with E-state index in [0.717, 1.165) is 12.8 Å². The number of nitrogens with one attached hydrogen (secondary N) is 1. The van der Waals surface area contributed by atoms with E-state index in [1.807, 2.05) is 0 Å². The Morgan fingerprint density at radius 3 is 2.43 bits per heavy atom. The van der Waals surface area contributed by atoms with Gasteiger partial charge in [-0.05, 0) is 31.0 Å². The lowest BCUT2D eigenvalue weighted by molar-refractivity contribution is -0.130. The second-order valence-electron chi connectivity index (χ2n) is 6.86. The summed E-state index contributed by atoms with van der Waals surface area (Å²) in [6.07, 6.45) is 1.86. The average molecular weight is 409 g/mol. The number of piperazine rings is 1. The monoisotopic (exact) mass is 409 g/mol. The zero-order valence-electron chi connectivity index (χ0n) is 15.6. The molecule has 2 aliphatic rings. The van der Waals surface area contributed by atoms with Gasteiger partial charge < -0.3 is 15.0 Å². The molecule has 2 amide bonds. The number of rotatable bonds is 6. The molecular formula is C18H23N3O6S. The van der Waals surface area contributed by atoms with Gasteiger partial charge in [-0.1, -0.05) is 6.07 Å². The maximum Gasteiger partial charge on any atom is 0.338 e. The molecule has 1 saturated carbocycles. The molecule has 0 radical (unpaired) electrons. The quantitative estimate of drug-likeness (QED) is 0.661. The van der Waals surface area contributed by atoms with Crippen LogP contribution in [0.1, 0.15) is 30.1 Å². The molecule has 2 fully saturated rings. The zero-order chi connectivity index (χ0) is 20.3. The number of esters is 1. The number of nitrogens with zero attached hydrogens (tertiary/aromatic N) is 2. The minimum atomic E-state index is -3.80. The number of amides is 2. The Morgan fingerprint density at radius 1 is 1.14 bits per heavy atom. The highest BCUT2D eigenvalue weighted by Crippen LogP contribution is 2.20. The van der Waals surface area contributed by atoms with Crippen LogP contribution in [0.15, 0.2) is 29.2 Å². The molecule has 1 N–H and O–H groups in total. The van der Waals surface area contributed by atoms with E-state index in [-0.39, 0.29) is 41.4 Å². The molecule has 28 heavy (non-hydrogen) atoms. The molecule has 1 aromatic rings. The first-order valence-electron chi connectivity index (χ1n) is 9.09. The molecule has 1 heterocycles. The predicted molar refractivity (Wildman–Crippen MR) is 98.9 cm³/mol. The van der Waals surface area contributed by atoms with Gasteiger partial charge in [-0.15, -0.1) is 0 Å². The van der Waals surface area contributed by atoms with Crippen LogP contribution in [-0.2, 0) is 24.3 Å². The van der Waals surface area contributed by atoms with Crippen LogP contribution in [0, 0.1) is 0 Å². The van der Waals surface area contributed by atoms with Crippen molar-refractivity contribution >= 4 is 27.8 Å². The SMILES string of the molecule is CC(=O)N1CCN(S(=O)(=O)c2cccc(C(=O)OCC(=O)NC3CC3)c2)CC1. The minimum absolute atomic E-state index is 0.0272. The van der Waals surface area contributed by atoms with Crippen LogP contribution in [0.4, 0.5) is 0 Å². The Bertz CT molecular complexity index is 873. The molecule has 1 aromatic carbocycles. The van der Waals surface area contributed by atoms with Crippen molar-refractivity contribution in [2.24, 2.45) is 0 Å². The molecule has 1 saturated heterocycles.